The first-order valence-corrected chi connectivity index (χ1v) is 9.55. The molecule has 0 aliphatic rings. The van der Waals surface area contributed by atoms with E-state index in [0.29, 0.717) is 18.9 Å². The molecule has 3 rings (SSSR count). The van der Waals surface area contributed by atoms with E-state index in [0.717, 1.165) is 34.3 Å². The third-order valence-electron chi connectivity index (χ3n) is 4.80. The lowest BCUT2D eigenvalue weighted by Crippen LogP contribution is -2.24. The third-order valence-corrected chi connectivity index (χ3v) is 4.80. The Morgan fingerprint density at radius 1 is 1.11 bits per heavy atom. The van der Waals surface area contributed by atoms with Crippen molar-refractivity contribution >= 4 is 16.9 Å². The summed E-state index contributed by atoms with van der Waals surface area (Å²) in [4.78, 5) is 12.4. The van der Waals surface area contributed by atoms with Crippen LogP contribution >= 0.6 is 0 Å². The van der Waals surface area contributed by atoms with Crippen LogP contribution in [0.4, 0.5) is 0 Å². The maximum absolute atomic E-state index is 12.4. The Hall–Kier alpha value is -2.95. The molecular formula is C23H27NO4. The van der Waals surface area contributed by atoms with Crippen LogP contribution in [0.2, 0.25) is 0 Å². The van der Waals surface area contributed by atoms with Crippen molar-refractivity contribution < 1.29 is 18.7 Å². The Labute approximate surface area is 165 Å². The minimum absolute atomic E-state index is 0.0498. The number of hydrogen-bond donors (Lipinski definition) is 1. The van der Waals surface area contributed by atoms with Crippen LogP contribution < -0.4 is 14.8 Å². The SMILES string of the molecule is CCCOc1ccc(CNC(=O)Cc2coc3cc(C)c(C)cc23)cc1OC. The molecule has 5 heteroatoms. The average Bonchev–Trinajstić information content (AvgIpc) is 3.06. The van der Waals surface area contributed by atoms with Crippen LogP contribution in [0.25, 0.3) is 11.0 Å². The van der Waals surface area contributed by atoms with Gasteiger partial charge in [0.15, 0.2) is 11.5 Å². The van der Waals surface area contributed by atoms with Crippen molar-refractivity contribution in [1.82, 2.24) is 5.32 Å². The lowest BCUT2D eigenvalue weighted by Gasteiger charge is -2.12. The normalized spacial score (nSPS) is 10.9. The molecule has 3 aromatic rings. The van der Waals surface area contributed by atoms with Crippen molar-refractivity contribution in [2.24, 2.45) is 0 Å². The van der Waals surface area contributed by atoms with Gasteiger partial charge in [0.25, 0.3) is 0 Å². The van der Waals surface area contributed by atoms with E-state index in [1.807, 2.05) is 24.3 Å². The lowest BCUT2D eigenvalue weighted by atomic mass is 10.0. The van der Waals surface area contributed by atoms with Crippen LogP contribution in [0, 0.1) is 13.8 Å². The standard InChI is InChI=1S/C23H27NO4/c1-5-8-27-20-7-6-17(11-22(20)26-4)13-24-23(25)12-18-14-28-21-10-16(3)15(2)9-19(18)21/h6-7,9-11,14H,5,8,12-13H2,1-4H3,(H,24,25). The molecule has 0 fully saturated rings. The Balaban J connectivity index is 1.64. The number of hydrogen-bond acceptors (Lipinski definition) is 4. The summed E-state index contributed by atoms with van der Waals surface area (Å²) in [6, 6.07) is 9.81. The predicted octanol–water partition coefficient (Wildman–Crippen LogP) is 4.71. The van der Waals surface area contributed by atoms with Gasteiger partial charge in [-0.3, -0.25) is 4.79 Å². The number of fused-ring (bicyclic) bond motifs is 1. The van der Waals surface area contributed by atoms with Crippen molar-refractivity contribution in [3.05, 3.63) is 58.8 Å². The van der Waals surface area contributed by atoms with E-state index in [1.165, 1.54) is 11.1 Å². The first-order valence-electron chi connectivity index (χ1n) is 9.55. The Bertz CT molecular complexity index is 974. The molecule has 0 bridgehead atoms. The Morgan fingerprint density at radius 3 is 2.64 bits per heavy atom. The second-order valence-corrected chi connectivity index (χ2v) is 6.98. The molecule has 0 aliphatic carbocycles. The fraction of sp³-hybridized carbons (Fsp3) is 0.348. The van der Waals surface area contributed by atoms with Gasteiger partial charge in [-0.05, 0) is 61.2 Å². The molecule has 1 N–H and O–H groups in total. The topological polar surface area (TPSA) is 60.7 Å². The zero-order valence-corrected chi connectivity index (χ0v) is 16.9. The third kappa shape index (κ3) is 4.47. The summed E-state index contributed by atoms with van der Waals surface area (Å²) in [6.07, 6.45) is 2.89. The van der Waals surface area contributed by atoms with Gasteiger partial charge >= 0.3 is 0 Å². The molecule has 0 unspecified atom stereocenters. The molecule has 0 spiro atoms. The summed E-state index contributed by atoms with van der Waals surface area (Å²) in [7, 11) is 1.62. The fourth-order valence-corrected chi connectivity index (χ4v) is 3.06. The molecule has 148 valence electrons. The number of carbonyl (C=O) groups is 1. The minimum atomic E-state index is -0.0498. The van der Waals surface area contributed by atoms with Gasteiger partial charge in [-0.1, -0.05) is 13.0 Å². The predicted molar refractivity (Wildman–Crippen MR) is 110 cm³/mol. The summed E-state index contributed by atoms with van der Waals surface area (Å²) >= 11 is 0. The number of rotatable bonds is 8. The molecular weight excluding hydrogens is 354 g/mol. The van der Waals surface area contributed by atoms with Gasteiger partial charge in [-0.15, -0.1) is 0 Å². The van der Waals surface area contributed by atoms with E-state index in [2.05, 4.69) is 32.2 Å². The first kappa shape index (κ1) is 19.8. The van der Waals surface area contributed by atoms with Crippen molar-refractivity contribution in [3.63, 3.8) is 0 Å². The average molecular weight is 381 g/mol. The number of furan rings is 1. The van der Waals surface area contributed by atoms with E-state index in [1.54, 1.807) is 13.4 Å². The highest BCUT2D eigenvalue weighted by molar-refractivity contribution is 5.88. The van der Waals surface area contributed by atoms with Crippen LogP contribution in [0.3, 0.4) is 0 Å². The molecule has 0 saturated heterocycles. The van der Waals surface area contributed by atoms with Gasteiger partial charge in [0.2, 0.25) is 5.91 Å². The molecule has 0 radical (unpaired) electrons. The Morgan fingerprint density at radius 2 is 1.89 bits per heavy atom. The van der Waals surface area contributed by atoms with Crippen molar-refractivity contribution in [1.29, 1.82) is 0 Å². The summed E-state index contributed by atoms with van der Waals surface area (Å²) in [5.74, 6) is 1.34. The molecule has 1 aromatic heterocycles. The van der Waals surface area contributed by atoms with Crippen LogP contribution in [0.5, 0.6) is 11.5 Å². The zero-order valence-electron chi connectivity index (χ0n) is 16.9. The Kier molecular flexibility index (Phi) is 6.24. The number of aryl methyl sites for hydroxylation is 2. The molecule has 0 aliphatic heterocycles. The van der Waals surface area contributed by atoms with Crippen molar-refractivity contribution in [3.8, 4) is 11.5 Å². The first-order chi connectivity index (χ1) is 13.5. The van der Waals surface area contributed by atoms with Crippen LogP contribution in [0.15, 0.2) is 41.0 Å². The van der Waals surface area contributed by atoms with Gasteiger partial charge < -0.3 is 19.2 Å². The quantitative estimate of drug-likeness (QED) is 0.614. The second-order valence-electron chi connectivity index (χ2n) is 6.98. The maximum atomic E-state index is 12.4. The molecule has 0 atom stereocenters. The zero-order chi connectivity index (χ0) is 20.1. The molecule has 1 heterocycles. The van der Waals surface area contributed by atoms with Crippen molar-refractivity contribution in [2.45, 2.75) is 40.2 Å². The number of carbonyl (C=O) groups excluding carboxylic acids is 1. The summed E-state index contributed by atoms with van der Waals surface area (Å²) < 4.78 is 16.7. The largest absolute Gasteiger partial charge is 0.493 e. The summed E-state index contributed by atoms with van der Waals surface area (Å²) in [6.45, 7) is 7.24. The van der Waals surface area contributed by atoms with Gasteiger partial charge in [-0.25, -0.2) is 0 Å². The number of methoxy groups -OCH3 is 1. The number of amides is 1. The summed E-state index contributed by atoms with van der Waals surface area (Å²) in [5.41, 5.74) is 5.04. The van der Waals surface area contributed by atoms with E-state index in [4.69, 9.17) is 13.9 Å². The highest BCUT2D eigenvalue weighted by Crippen LogP contribution is 2.28. The monoisotopic (exact) mass is 381 g/mol. The van der Waals surface area contributed by atoms with Gasteiger partial charge in [0, 0.05) is 17.5 Å². The minimum Gasteiger partial charge on any atom is -0.493 e. The van der Waals surface area contributed by atoms with Crippen molar-refractivity contribution in [2.75, 3.05) is 13.7 Å². The van der Waals surface area contributed by atoms with Crippen LogP contribution in [0.1, 0.15) is 35.6 Å². The van der Waals surface area contributed by atoms with E-state index in [-0.39, 0.29) is 12.3 Å². The molecule has 5 nitrogen and oxygen atoms in total. The highest BCUT2D eigenvalue weighted by atomic mass is 16.5. The lowest BCUT2D eigenvalue weighted by molar-refractivity contribution is -0.120. The van der Waals surface area contributed by atoms with E-state index >= 15 is 0 Å². The van der Waals surface area contributed by atoms with Gasteiger partial charge in [-0.2, -0.15) is 0 Å². The van der Waals surface area contributed by atoms with Gasteiger partial charge in [0.1, 0.15) is 5.58 Å². The second kappa shape index (κ2) is 8.83. The van der Waals surface area contributed by atoms with E-state index in [9.17, 15) is 4.79 Å². The van der Waals surface area contributed by atoms with Crippen LogP contribution in [-0.4, -0.2) is 19.6 Å². The highest BCUT2D eigenvalue weighted by Gasteiger charge is 2.12. The number of nitrogens with one attached hydrogen (secondary N) is 1. The summed E-state index contributed by atoms with van der Waals surface area (Å²) in [5, 5.41) is 3.96. The number of ether oxygens (including phenoxy) is 2. The fourth-order valence-electron chi connectivity index (χ4n) is 3.06. The van der Waals surface area contributed by atoms with E-state index < -0.39 is 0 Å². The molecule has 2 aromatic carbocycles. The molecule has 1 amide bonds. The molecule has 28 heavy (non-hydrogen) atoms. The smallest absolute Gasteiger partial charge is 0.224 e. The maximum Gasteiger partial charge on any atom is 0.224 e. The number of benzene rings is 2. The molecule has 0 saturated carbocycles. The van der Waals surface area contributed by atoms with Gasteiger partial charge in [0.05, 0.1) is 26.4 Å². The van der Waals surface area contributed by atoms with Crippen LogP contribution in [-0.2, 0) is 17.8 Å².